The van der Waals surface area contributed by atoms with E-state index in [1.54, 1.807) is 31.2 Å². The van der Waals surface area contributed by atoms with E-state index in [1.807, 2.05) is 29.2 Å². The summed E-state index contributed by atoms with van der Waals surface area (Å²) in [6.07, 6.45) is 7.19. The monoisotopic (exact) mass is 628 g/mol. The lowest BCUT2D eigenvalue weighted by Gasteiger charge is -2.52. The van der Waals surface area contributed by atoms with Gasteiger partial charge in [-0.25, -0.2) is 0 Å². The number of likely N-dealkylation sites (tertiary alicyclic amines) is 1. The van der Waals surface area contributed by atoms with Gasteiger partial charge in [-0.15, -0.1) is 5.92 Å². The molecule has 3 amide bonds. The van der Waals surface area contributed by atoms with Crippen LogP contribution < -0.4 is 15.4 Å². The lowest BCUT2D eigenvalue weighted by molar-refractivity contribution is -0.166. The molecule has 2 aliphatic heterocycles. The van der Waals surface area contributed by atoms with E-state index < -0.39 is 17.7 Å². The predicted octanol–water partition coefficient (Wildman–Crippen LogP) is 4.63. The molecule has 1 saturated carbocycles. The zero-order valence-corrected chi connectivity index (χ0v) is 27.2. The third-order valence-electron chi connectivity index (χ3n) is 9.85. The Hall–Kier alpha value is -3.87. The van der Waals surface area contributed by atoms with Gasteiger partial charge < -0.3 is 25.4 Å². The first-order valence-corrected chi connectivity index (χ1v) is 16.9. The van der Waals surface area contributed by atoms with Gasteiger partial charge in [-0.2, -0.15) is 0 Å². The first kappa shape index (κ1) is 33.5. The summed E-state index contributed by atoms with van der Waals surface area (Å²) in [7, 11) is 0. The van der Waals surface area contributed by atoms with Crippen LogP contribution in [0.4, 0.5) is 0 Å². The molecule has 46 heavy (non-hydrogen) atoms. The van der Waals surface area contributed by atoms with Gasteiger partial charge in [0.05, 0.1) is 12.6 Å². The molecule has 0 unspecified atom stereocenters. The molecule has 3 aliphatic rings. The fraction of sp³-hybridized carbons (Fsp3) is 0.541. The Morgan fingerprint density at radius 1 is 1.04 bits per heavy atom. The molecule has 2 aromatic carbocycles. The molecule has 2 heterocycles. The number of unbranched alkanes of at least 4 members (excludes halogenated alkanes) is 1. The average molecular weight is 629 g/mol. The number of benzene rings is 2. The first-order chi connectivity index (χ1) is 22.3. The maximum atomic E-state index is 13.9. The van der Waals surface area contributed by atoms with Crippen molar-refractivity contribution in [2.75, 3.05) is 26.2 Å². The van der Waals surface area contributed by atoms with Gasteiger partial charge in [-0.1, -0.05) is 50.7 Å². The van der Waals surface area contributed by atoms with E-state index in [-0.39, 0.29) is 23.6 Å². The number of nitrogens with one attached hydrogen (secondary N) is 2. The molecule has 1 spiro atoms. The molecular weight excluding hydrogens is 580 g/mol. The number of amides is 3. The molecule has 246 valence electrons. The van der Waals surface area contributed by atoms with Crippen molar-refractivity contribution in [1.82, 2.24) is 20.4 Å². The minimum atomic E-state index is -0.858. The van der Waals surface area contributed by atoms with Gasteiger partial charge in [-0.3, -0.25) is 19.3 Å². The highest BCUT2D eigenvalue weighted by molar-refractivity contribution is 6.00. The lowest BCUT2D eigenvalue weighted by Crippen LogP contribution is -2.75. The van der Waals surface area contributed by atoms with Crippen molar-refractivity contribution in [3.63, 3.8) is 0 Å². The fourth-order valence-corrected chi connectivity index (χ4v) is 7.08. The first-order valence-electron chi connectivity index (χ1n) is 16.9. The number of rotatable bonds is 11. The second-order valence-corrected chi connectivity index (χ2v) is 12.9. The number of hydrogen-bond acceptors (Lipinski definition) is 6. The number of hydrogen-bond donors (Lipinski definition) is 3. The van der Waals surface area contributed by atoms with Gasteiger partial charge in [0.2, 0.25) is 11.8 Å². The maximum Gasteiger partial charge on any atom is 0.252 e. The van der Waals surface area contributed by atoms with Crippen molar-refractivity contribution < 1.29 is 24.2 Å². The molecule has 3 N–H and O–H groups in total. The van der Waals surface area contributed by atoms with E-state index in [1.165, 1.54) is 6.42 Å². The van der Waals surface area contributed by atoms with E-state index in [4.69, 9.17) is 4.74 Å². The van der Waals surface area contributed by atoms with E-state index in [0.717, 1.165) is 50.6 Å². The van der Waals surface area contributed by atoms with Crippen LogP contribution >= 0.6 is 0 Å². The average Bonchev–Trinajstić information content (AvgIpc) is 3.08. The fourth-order valence-electron chi connectivity index (χ4n) is 7.08. The van der Waals surface area contributed by atoms with Crippen molar-refractivity contribution in [2.45, 2.75) is 95.9 Å². The molecule has 1 aliphatic carbocycles. The second kappa shape index (κ2) is 15.6. The number of piperidine rings is 1. The summed E-state index contributed by atoms with van der Waals surface area (Å²) in [6.45, 7) is 6.81. The summed E-state index contributed by atoms with van der Waals surface area (Å²) in [4.78, 5) is 44.0. The van der Waals surface area contributed by atoms with Gasteiger partial charge in [0.15, 0.2) is 0 Å². The minimum Gasteiger partial charge on any atom is -0.457 e. The van der Waals surface area contributed by atoms with Crippen LogP contribution in [-0.2, 0) is 16.1 Å². The third-order valence-corrected chi connectivity index (χ3v) is 9.85. The van der Waals surface area contributed by atoms with E-state index in [0.29, 0.717) is 56.1 Å². The number of carbonyl (C=O) groups is 3. The molecule has 2 atom stereocenters. The highest BCUT2D eigenvalue weighted by Gasteiger charge is 2.55. The van der Waals surface area contributed by atoms with Crippen molar-refractivity contribution in [1.29, 1.82) is 0 Å². The Balaban J connectivity index is 1.16. The van der Waals surface area contributed by atoms with Crippen LogP contribution in [0, 0.1) is 17.8 Å². The maximum absolute atomic E-state index is 13.9. The van der Waals surface area contributed by atoms with Crippen LogP contribution in [0.5, 0.6) is 11.5 Å². The van der Waals surface area contributed by atoms with Crippen molar-refractivity contribution in [3.05, 3.63) is 59.7 Å². The standard InChI is InChI=1S/C37H48N4O5/c1-3-5-22-38-34(43)29-14-18-31(19-15-29)46-30-16-12-27(13-17-30)26-40-24-20-37(21-25-40)36(45)39-32(35(44)41(37)23-6-4-2)33(42)28-10-8-7-9-11-28/h12-19,28,32-33,42H,4,6-11,20-26H2,1-2H3,(H,38,43)(H,39,45)/t32-,33-/m1/s1. The number of nitrogens with zero attached hydrogens (tertiary/aromatic N) is 2. The summed E-state index contributed by atoms with van der Waals surface area (Å²) in [5.41, 5.74) is 0.820. The third kappa shape index (κ3) is 7.73. The summed E-state index contributed by atoms with van der Waals surface area (Å²) >= 11 is 0. The largest absolute Gasteiger partial charge is 0.457 e. The zero-order valence-electron chi connectivity index (χ0n) is 27.2. The molecule has 2 saturated heterocycles. The van der Waals surface area contributed by atoms with Crippen molar-refractivity contribution in [3.8, 4) is 23.3 Å². The summed E-state index contributed by atoms with van der Waals surface area (Å²) in [6, 6.07) is 14.1. The lowest BCUT2D eigenvalue weighted by atomic mass is 9.78. The molecule has 9 heteroatoms. The molecular formula is C37H48N4O5. The van der Waals surface area contributed by atoms with Crippen LogP contribution in [0.2, 0.25) is 0 Å². The molecule has 2 aromatic rings. The number of ether oxygens (including phenoxy) is 1. The van der Waals surface area contributed by atoms with Crippen LogP contribution in [0.1, 0.15) is 87.6 Å². The minimum absolute atomic E-state index is 0.0636. The van der Waals surface area contributed by atoms with E-state index >= 15 is 0 Å². The highest BCUT2D eigenvalue weighted by Crippen LogP contribution is 2.36. The molecule has 5 rings (SSSR count). The summed E-state index contributed by atoms with van der Waals surface area (Å²) in [5, 5.41) is 16.9. The number of aliphatic hydroxyl groups excluding tert-OH is 1. The number of piperazine rings is 1. The van der Waals surface area contributed by atoms with Gasteiger partial charge >= 0.3 is 0 Å². The number of aliphatic hydroxyl groups is 1. The Labute approximate surface area is 273 Å². The van der Waals surface area contributed by atoms with Crippen molar-refractivity contribution >= 4 is 17.7 Å². The van der Waals surface area contributed by atoms with Gasteiger partial charge in [0.1, 0.15) is 23.1 Å². The molecule has 0 bridgehead atoms. The molecule has 0 radical (unpaired) electrons. The summed E-state index contributed by atoms with van der Waals surface area (Å²) < 4.78 is 5.99. The Kier molecular flexibility index (Phi) is 11.4. The van der Waals surface area contributed by atoms with Gasteiger partial charge in [0, 0.05) is 31.7 Å². The zero-order chi connectivity index (χ0) is 32.5. The van der Waals surface area contributed by atoms with Gasteiger partial charge in [-0.05, 0) is 86.9 Å². The number of carbonyl (C=O) groups excluding carboxylic acids is 3. The molecule has 0 aromatic heterocycles. The van der Waals surface area contributed by atoms with Crippen LogP contribution in [0.25, 0.3) is 0 Å². The highest BCUT2D eigenvalue weighted by atomic mass is 16.5. The Bertz CT molecular complexity index is 1400. The van der Waals surface area contributed by atoms with Crippen molar-refractivity contribution in [2.24, 2.45) is 5.92 Å². The topological polar surface area (TPSA) is 111 Å². The Morgan fingerprint density at radius 2 is 1.70 bits per heavy atom. The summed E-state index contributed by atoms with van der Waals surface area (Å²) in [5.74, 6) is 6.57. The normalized spacial score (nSPS) is 20.8. The van der Waals surface area contributed by atoms with Gasteiger partial charge in [0.25, 0.3) is 5.91 Å². The SMILES string of the molecule is CC#CCNC(=O)c1ccc(Oc2ccc(CN3CCC4(CC3)C(=O)N[C@H]([C@H](O)C3CCCCC3)C(=O)N4CCCC)cc2)cc1. The molecule has 3 fully saturated rings. The quantitative estimate of drug-likeness (QED) is 0.313. The van der Waals surface area contributed by atoms with Crippen LogP contribution in [0.3, 0.4) is 0 Å². The predicted molar refractivity (Wildman–Crippen MR) is 177 cm³/mol. The van der Waals surface area contributed by atoms with Crippen LogP contribution in [0.15, 0.2) is 48.5 Å². The smallest absolute Gasteiger partial charge is 0.252 e. The second-order valence-electron chi connectivity index (χ2n) is 12.9. The van der Waals surface area contributed by atoms with E-state index in [9.17, 15) is 19.5 Å². The Morgan fingerprint density at radius 3 is 2.33 bits per heavy atom. The van der Waals surface area contributed by atoms with Crippen LogP contribution in [-0.4, -0.2) is 76.5 Å². The van der Waals surface area contributed by atoms with E-state index in [2.05, 4.69) is 34.3 Å². The molecule has 9 nitrogen and oxygen atoms in total.